The van der Waals surface area contributed by atoms with E-state index in [2.05, 4.69) is 16.0 Å². The van der Waals surface area contributed by atoms with E-state index in [0.717, 1.165) is 60.4 Å². The van der Waals surface area contributed by atoms with Crippen molar-refractivity contribution >= 4 is 23.2 Å². The first-order chi connectivity index (χ1) is 19.9. The van der Waals surface area contributed by atoms with Crippen molar-refractivity contribution in [2.45, 2.75) is 37.8 Å². The Morgan fingerprint density at radius 1 is 1.10 bits per heavy atom. The van der Waals surface area contributed by atoms with Crippen molar-refractivity contribution in [3.8, 4) is 16.9 Å². The number of halogens is 2. The molecule has 212 valence electrons. The second-order valence-corrected chi connectivity index (χ2v) is 11.4. The molecular formula is C33H33ClFN3O3. The summed E-state index contributed by atoms with van der Waals surface area (Å²) in [5.74, 6) is 0.939. The van der Waals surface area contributed by atoms with Gasteiger partial charge in [0.15, 0.2) is 0 Å². The fourth-order valence-corrected chi connectivity index (χ4v) is 5.89. The summed E-state index contributed by atoms with van der Waals surface area (Å²) in [6.45, 7) is 2.91. The van der Waals surface area contributed by atoms with Crippen LogP contribution in [0.15, 0.2) is 77.5 Å². The first-order valence-corrected chi connectivity index (χ1v) is 14.5. The number of hydrogen-bond acceptors (Lipinski definition) is 5. The number of likely N-dealkylation sites (N-methyl/N-ethyl adjacent to an activating group) is 1. The van der Waals surface area contributed by atoms with E-state index in [1.807, 2.05) is 24.3 Å². The van der Waals surface area contributed by atoms with Crippen molar-refractivity contribution in [2.24, 2.45) is 4.99 Å². The molecule has 1 amide bonds. The minimum atomic E-state index is -0.958. The van der Waals surface area contributed by atoms with E-state index in [1.165, 1.54) is 12.1 Å². The van der Waals surface area contributed by atoms with E-state index in [0.29, 0.717) is 41.6 Å². The molecule has 3 aromatic rings. The van der Waals surface area contributed by atoms with Gasteiger partial charge in [-0.05, 0) is 84.9 Å². The van der Waals surface area contributed by atoms with Crippen molar-refractivity contribution in [3.05, 3.63) is 100 Å². The number of aliphatic imine (C=N–C) groups is 1. The zero-order chi connectivity index (χ0) is 28.5. The Balaban J connectivity index is 1.26. The van der Waals surface area contributed by atoms with Gasteiger partial charge in [-0.15, -0.1) is 0 Å². The quantitative estimate of drug-likeness (QED) is 0.351. The van der Waals surface area contributed by atoms with Gasteiger partial charge in [-0.25, -0.2) is 4.39 Å². The molecule has 0 saturated carbocycles. The average Bonchev–Trinajstić information content (AvgIpc) is 3.66. The lowest BCUT2D eigenvalue weighted by Gasteiger charge is -2.36. The molecule has 3 aliphatic rings. The summed E-state index contributed by atoms with van der Waals surface area (Å²) in [6, 6.07) is 17.1. The predicted octanol–water partition coefficient (Wildman–Crippen LogP) is 5.81. The number of carbonyl (C=O) groups excluding carboxylic acids is 1. The summed E-state index contributed by atoms with van der Waals surface area (Å²) in [5.41, 5.74) is 4.74. The highest BCUT2D eigenvalue weighted by molar-refractivity contribution is 6.45. The van der Waals surface area contributed by atoms with E-state index in [1.54, 1.807) is 36.2 Å². The number of allylic oxidation sites excluding steroid dienone is 2. The minimum absolute atomic E-state index is 0.226. The number of amides is 1. The minimum Gasteiger partial charge on any atom is -0.460 e. The largest absolute Gasteiger partial charge is 0.460 e. The van der Waals surface area contributed by atoms with Gasteiger partial charge in [0.1, 0.15) is 29.1 Å². The van der Waals surface area contributed by atoms with Gasteiger partial charge in [0.05, 0.1) is 11.1 Å². The number of benzene rings is 3. The van der Waals surface area contributed by atoms with Crippen LogP contribution in [0.4, 0.5) is 4.39 Å². The van der Waals surface area contributed by atoms with Gasteiger partial charge in [0.2, 0.25) is 0 Å². The van der Waals surface area contributed by atoms with Gasteiger partial charge >= 0.3 is 0 Å². The van der Waals surface area contributed by atoms with Gasteiger partial charge in [0.25, 0.3) is 5.91 Å². The normalized spacial score (nSPS) is 17.8. The van der Waals surface area contributed by atoms with Crippen molar-refractivity contribution in [3.63, 3.8) is 0 Å². The molecule has 0 aromatic heterocycles. The fourth-order valence-electron chi connectivity index (χ4n) is 5.66. The smallest absolute Gasteiger partial charge is 0.272 e. The van der Waals surface area contributed by atoms with E-state index in [-0.39, 0.29) is 11.7 Å². The zero-order valence-corrected chi connectivity index (χ0v) is 23.8. The number of aliphatic hydroxyl groups is 1. The number of likely N-dealkylation sites (tertiary alicyclic amines) is 1. The molecule has 0 bridgehead atoms. The highest BCUT2D eigenvalue weighted by Crippen LogP contribution is 2.34. The molecule has 1 N–H and O–H groups in total. The van der Waals surface area contributed by atoms with Crippen LogP contribution in [-0.4, -0.2) is 65.8 Å². The Morgan fingerprint density at radius 2 is 1.83 bits per heavy atom. The molecule has 6 rings (SSSR count). The summed E-state index contributed by atoms with van der Waals surface area (Å²) in [7, 11) is 1.74. The first kappa shape index (κ1) is 27.6. The first-order valence-electron chi connectivity index (χ1n) is 14.1. The third-order valence-corrected chi connectivity index (χ3v) is 8.42. The van der Waals surface area contributed by atoms with Crippen LogP contribution in [0.2, 0.25) is 5.02 Å². The van der Waals surface area contributed by atoms with Crippen LogP contribution in [-0.2, 0) is 11.2 Å². The lowest BCUT2D eigenvalue weighted by atomic mass is 9.92. The Morgan fingerprint density at radius 3 is 2.54 bits per heavy atom. The fraction of sp³-hybridized carbons (Fsp3) is 0.333. The standard InChI is InChI=1S/C33H33ClFN3O3/c1-37(33(40)31-27-12-6-22(18-23(27)14-15-36-31)21-4-8-25(35)9-5-21)29(20-38-16-2-3-17-38)32(39)24-7-13-30(28(34)19-24)41-26-10-11-26/h4-10,12-13,18-19,29,32,39H,2-3,11,14-17,20H2,1H3/t29-,32-/m1/s1. The van der Waals surface area contributed by atoms with Gasteiger partial charge in [0, 0.05) is 32.1 Å². The summed E-state index contributed by atoms with van der Waals surface area (Å²) in [5, 5.41) is 12.1. The van der Waals surface area contributed by atoms with Crippen LogP contribution in [0.3, 0.4) is 0 Å². The molecule has 2 heterocycles. The maximum Gasteiger partial charge on any atom is 0.272 e. The highest BCUT2D eigenvalue weighted by Gasteiger charge is 2.34. The highest BCUT2D eigenvalue weighted by atomic mass is 35.5. The molecule has 0 unspecified atom stereocenters. The second-order valence-electron chi connectivity index (χ2n) is 11.0. The number of rotatable bonds is 9. The number of fused-ring (bicyclic) bond motifs is 1. The molecule has 1 saturated heterocycles. The van der Waals surface area contributed by atoms with E-state index < -0.39 is 12.1 Å². The van der Waals surface area contributed by atoms with Crippen LogP contribution < -0.4 is 4.74 Å². The third kappa shape index (κ3) is 6.08. The van der Waals surface area contributed by atoms with Crippen molar-refractivity contribution in [1.82, 2.24) is 9.80 Å². The average molecular weight is 574 g/mol. The molecule has 1 fully saturated rings. The zero-order valence-electron chi connectivity index (χ0n) is 23.0. The third-order valence-electron chi connectivity index (χ3n) is 8.13. The van der Waals surface area contributed by atoms with Crippen LogP contribution in [0.25, 0.3) is 11.1 Å². The van der Waals surface area contributed by atoms with E-state index >= 15 is 0 Å². The number of ether oxygens (including phenoxy) is 1. The summed E-state index contributed by atoms with van der Waals surface area (Å²) in [6.07, 6.45) is 4.76. The molecule has 2 aliphatic heterocycles. The Bertz CT molecular complexity index is 1510. The summed E-state index contributed by atoms with van der Waals surface area (Å²) < 4.78 is 19.2. The Labute approximate surface area is 244 Å². The summed E-state index contributed by atoms with van der Waals surface area (Å²) >= 11 is 6.51. The monoisotopic (exact) mass is 573 g/mol. The summed E-state index contributed by atoms with van der Waals surface area (Å²) in [4.78, 5) is 22.6. The van der Waals surface area contributed by atoms with Crippen LogP contribution in [0.5, 0.6) is 5.75 Å². The molecular weight excluding hydrogens is 541 g/mol. The molecule has 0 radical (unpaired) electrons. The second kappa shape index (κ2) is 11.8. The van der Waals surface area contributed by atoms with Gasteiger partial charge in [-0.1, -0.05) is 48.0 Å². The van der Waals surface area contributed by atoms with E-state index in [9.17, 15) is 14.3 Å². The van der Waals surface area contributed by atoms with Crippen LogP contribution in [0, 0.1) is 5.82 Å². The van der Waals surface area contributed by atoms with Gasteiger partial charge in [-0.3, -0.25) is 9.79 Å². The van der Waals surface area contributed by atoms with Crippen molar-refractivity contribution < 1.29 is 19.0 Å². The Hall–Kier alpha value is -3.52. The lowest BCUT2D eigenvalue weighted by molar-refractivity contribution is -0.127. The van der Waals surface area contributed by atoms with Crippen molar-refractivity contribution in [2.75, 3.05) is 33.2 Å². The van der Waals surface area contributed by atoms with Gasteiger partial charge in [-0.2, -0.15) is 0 Å². The van der Waals surface area contributed by atoms with Crippen molar-refractivity contribution in [1.29, 1.82) is 0 Å². The Kier molecular flexibility index (Phi) is 7.93. The number of hydrogen-bond donors (Lipinski definition) is 1. The molecule has 8 heteroatoms. The number of aliphatic hydroxyl groups excluding tert-OH is 1. The predicted molar refractivity (Wildman–Crippen MR) is 159 cm³/mol. The van der Waals surface area contributed by atoms with Crippen LogP contribution >= 0.6 is 11.6 Å². The topological polar surface area (TPSA) is 65.4 Å². The molecule has 6 nitrogen and oxygen atoms in total. The maximum absolute atomic E-state index is 14.0. The van der Waals surface area contributed by atoms with Gasteiger partial charge < -0.3 is 19.6 Å². The molecule has 2 atom stereocenters. The molecule has 0 spiro atoms. The number of carbonyl (C=O) groups is 1. The van der Waals surface area contributed by atoms with Crippen LogP contribution in [0.1, 0.15) is 42.1 Å². The molecule has 1 aliphatic carbocycles. The molecule has 3 aromatic carbocycles. The lowest BCUT2D eigenvalue weighted by Crippen LogP contribution is -2.50. The number of nitrogens with zero attached hydrogens (tertiary/aromatic N) is 3. The maximum atomic E-state index is 14.0. The molecule has 41 heavy (non-hydrogen) atoms. The van der Waals surface area contributed by atoms with E-state index in [4.69, 9.17) is 16.3 Å². The SMILES string of the molecule is CN(C(=O)C1=NCCc2cc(-c3ccc(F)cc3)ccc21)[C@H](CN1CCCC1)[C@H](O)c1ccc(OC2=CC2)c(Cl)c1.